The summed E-state index contributed by atoms with van der Waals surface area (Å²) >= 11 is 0. The molecule has 0 saturated carbocycles. The Labute approximate surface area is 74.3 Å². The molecule has 13 heavy (non-hydrogen) atoms. The van der Waals surface area contributed by atoms with Crippen LogP contribution >= 0.6 is 0 Å². The number of rotatable bonds is 2. The summed E-state index contributed by atoms with van der Waals surface area (Å²) in [7, 11) is 1.85. The Hall–Kier alpha value is -1.69. The maximum absolute atomic E-state index is 8.68. The van der Waals surface area contributed by atoms with Crippen molar-refractivity contribution in [2.24, 2.45) is 7.05 Å². The molecule has 2 N–H and O–H groups in total. The highest BCUT2D eigenvalue weighted by Crippen LogP contribution is 2.15. The van der Waals surface area contributed by atoms with Crippen molar-refractivity contribution in [2.75, 3.05) is 12.0 Å². The van der Waals surface area contributed by atoms with E-state index in [2.05, 4.69) is 20.3 Å². The molecule has 0 radical (unpaired) electrons. The van der Waals surface area contributed by atoms with Crippen molar-refractivity contribution in [3.63, 3.8) is 0 Å². The van der Waals surface area contributed by atoms with Crippen LogP contribution in [0.5, 0.6) is 0 Å². The van der Waals surface area contributed by atoms with E-state index >= 15 is 0 Å². The number of aliphatic hydroxyl groups excluding tert-OH is 1. The fraction of sp³-hybridized carbons (Fsp3) is 0.286. The van der Waals surface area contributed by atoms with Gasteiger partial charge in [0.2, 0.25) is 0 Å². The third-order valence-corrected chi connectivity index (χ3v) is 1.74. The van der Waals surface area contributed by atoms with Crippen LogP contribution in [0.1, 0.15) is 0 Å². The van der Waals surface area contributed by atoms with Gasteiger partial charge in [-0.15, -0.1) is 0 Å². The lowest BCUT2D eigenvalue weighted by Gasteiger charge is -2.00. The van der Waals surface area contributed by atoms with Gasteiger partial charge in [0, 0.05) is 7.05 Å². The fourth-order valence-electron chi connectivity index (χ4n) is 1.15. The molecule has 0 aromatic carbocycles. The van der Waals surface area contributed by atoms with Crippen LogP contribution in [-0.2, 0) is 7.05 Å². The lowest BCUT2D eigenvalue weighted by Crippen LogP contribution is -2.03. The first-order chi connectivity index (χ1) is 6.33. The Kier molecular flexibility index (Phi) is 1.82. The minimum Gasteiger partial charge on any atom is -0.377 e. The van der Waals surface area contributed by atoms with Gasteiger partial charge in [-0.2, -0.15) is 0 Å². The quantitative estimate of drug-likeness (QED) is 0.620. The van der Waals surface area contributed by atoms with Gasteiger partial charge in [-0.25, -0.2) is 15.0 Å². The van der Waals surface area contributed by atoms with Crippen LogP contribution in [0.15, 0.2) is 12.7 Å². The molecular formula is C7H9N5O. The van der Waals surface area contributed by atoms with E-state index in [0.717, 1.165) is 5.65 Å². The molecule has 68 valence electrons. The van der Waals surface area contributed by atoms with E-state index in [9.17, 15) is 0 Å². The molecule has 0 fully saturated rings. The second kappa shape index (κ2) is 2.98. The predicted octanol–water partition coefficient (Wildman–Crippen LogP) is -0.275. The summed E-state index contributed by atoms with van der Waals surface area (Å²) in [4.78, 5) is 12.1. The van der Waals surface area contributed by atoms with Crippen molar-refractivity contribution in [1.82, 2.24) is 19.5 Å². The Morgan fingerprint density at radius 2 is 2.31 bits per heavy atom. The molecule has 0 saturated heterocycles. The SMILES string of the molecule is Cn1cnc2c(NCO)ncnc21. The van der Waals surface area contributed by atoms with Gasteiger partial charge in [0.05, 0.1) is 6.33 Å². The molecule has 0 unspecified atom stereocenters. The minimum absolute atomic E-state index is 0.164. The lowest BCUT2D eigenvalue weighted by molar-refractivity contribution is 0.325. The topological polar surface area (TPSA) is 75.9 Å². The van der Waals surface area contributed by atoms with Gasteiger partial charge >= 0.3 is 0 Å². The summed E-state index contributed by atoms with van der Waals surface area (Å²) in [6.07, 6.45) is 3.09. The number of aliphatic hydroxyl groups is 1. The summed E-state index contributed by atoms with van der Waals surface area (Å²) in [5, 5.41) is 11.4. The Balaban J connectivity index is 2.63. The summed E-state index contributed by atoms with van der Waals surface area (Å²) < 4.78 is 1.79. The van der Waals surface area contributed by atoms with E-state index in [4.69, 9.17) is 5.11 Å². The van der Waals surface area contributed by atoms with Crippen LogP contribution in [0, 0.1) is 0 Å². The van der Waals surface area contributed by atoms with Crippen LogP contribution in [0.25, 0.3) is 11.2 Å². The summed E-state index contributed by atoms with van der Waals surface area (Å²) in [5.41, 5.74) is 1.41. The molecule has 6 heteroatoms. The third kappa shape index (κ3) is 1.20. The maximum Gasteiger partial charge on any atom is 0.165 e. The molecule has 2 aromatic rings. The van der Waals surface area contributed by atoms with Crippen LogP contribution in [0.2, 0.25) is 0 Å². The number of anilines is 1. The van der Waals surface area contributed by atoms with Crippen molar-refractivity contribution in [3.8, 4) is 0 Å². The van der Waals surface area contributed by atoms with Crippen molar-refractivity contribution < 1.29 is 5.11 Å². The molecular weight excluding hydrogens is 170 g/mol. The molecule has 0 atom stereocenters. The Morgan fingerprint density at radius 3 is 3.08 bits per heavy atom. The first kappa shape index (κ1) is 7.93. The number of nitrogens with zero attached hydrogens (tertiary/aromatic N) is 4. The molecule has 6 nitrogen and oxygen atoms in total. The van der Waals surface area contributed by atoms with Crippen molar-refractivity contribution in [1.29, 1.82) is 0 Å². The van der Waals surface area contributed by atoms with E-state index in [1.54, 1.807) is 10.9 Å². The van der Waals surface area contributed by atoms with Gasteiger partial charge in [0.15, 0.2) is 11.5 Å². The largest absolute Gasteiger partial charge is 0.377 e. The Bertz CT molecular complexity index is 424. The number of imidazole rings is 1. The normalized spacial score (nSPS) is 10.6. The second-order valence-electron chi connectivity index (χ2n) is 2.58. The first-order valence-electron chi connectivity index (χ1n) is 3.79. The molecule has 0 spiro atoms. The monoisotopic (exact) mass is 179 g/mol. The molecule has 2 rings (SSSR count). The number of hydrogen-bond donors (Lipinski definition) is 2. The average Bonchev–Trinajstić information content (AvgIpc) is 2.50. The van der Waals surface area contributed by atoms with Crippen molar-refractivity contribution in [2.45, 2.75) is 0 Å². The van der Waals surface area contributed by atoms with Crippen molar-refractivity contribution in [3.05, 3.63) is 12.7 Å². The summed E-state index contributed by atoms with van der Waals surface area (Å²) in [5.74, 6) is 0.549. The smallest absolute Gasteiger partial charge is 0.165 e. The summed E-state index contributed by atoms with van der Waals surface area (Å²) in [6.45, 7) is -0.164. The van der Waals surface area contributed by atoms with Gasteiger partial charge in [0.1, 0.15) is 18.6 Å². The first-order valence-corrected chi connectivity index (χ1v) is 3.79. The highest BCUT2D eigenvalue weighted by molar-refractivity contribution is 5.82. The summed E-state index contributed by atoms with van der Waals surface area (Å²) in [6, 6.07) is 0. The minimum atomic E-state index is -0.164. The van der Waals surface area contributed by atoms with Gasteiger partial charge in [-0.1, -0.05) is 0 Å². The van der Waals surface area contributed by atoms with Gasteiger partial charge in [-0.3, -0.25) is 0 Å². The highest BCUT2D eigenvalue weighted by atomic mass is 16.3. The van der Waals surface area contributed by atoms with Gasteiger partial charge < -0.3 is 15.0 Å². The number of hydrogen-bond acceptors (Lipinski definition) is 5. The van der Waals surface area contributed by atoms with E-state index in [-0.39, 0.29) is 6.73 Å². The molecule has 0 bridgehead atoms. The van der Waals surface area contributed by atoms with Crippen LogP contribution in [0.4, 0.5) is 5.82 Å². The van der Waals surface area contributed by atoms with E-state index in [0.29, 0.717) is 11.3 Å². The van der Waals surface area contributed by atoms with Gasteiger partial charge in [0.25, 0.3) is 0 Å². The lowest BCUT2D eigenvalue weighted by atomic mass is 10.5. The Morgan fingerprint density at radius 1 is 1.46 bits per heavy atom. The zero-order valence-electron chi connectivity index (χ0n) is 7.10. The molecule has 2 heterocycles. The maximum atomic E-state index is 8.68. The zero-order valence-corrected chi connectivity index (χ0v) is 7.10. The van der Waals surface area contributed by atoms with Crippen LogP contribution < -0.4 is 5.32 Å². The fourth-order valence-corrected chi connectivity index (χ4v) is 1.15. The van der Waals surface area contributed by atoms with E-state index < -0.39 is 0 Å². The standard InChI is InChI=1S/C7H9N5O/c1-12-3-10-5-6(11-4-13)8-2-9-7(5)12/h2-3,13H,4H2,1H3,(H,8,9,11). The molecule has 0 aliphatic carbocycles. The molecule has 0 aliphatic heterocycles. The van der Waals surface area contributed by atoms with E-state index in [1.165, 1.54) is 6.33 Å². The molecule has 0 amide bonds. The van der Waals surface area contributed by atoms with Crippen LogP contribution in [0.3, 0.4) is 0 Å². The number of aryl methyl sites for hydroxylation is 1. The van der Waals surface area contributed by atoms with E-state index in [1.807, 2.05) is 7.05 Å². The number of nitrogens with one attached hydrogen (secondary N) is 1. The molecule has 0 aliphatic rings. The molecule has 2 aromatic heterocycles. The number of fused-ring (bicyclic) bond motifs is 1. The van der Waals surface area contributed by atoms with Crippen LogP contribution in [-0.4, -0.2) is 31.4 Å². The van der Waals surface area contributed by atoms with Crippen molar-refractivity contribution >= 4 is 17.0 Å². The predicted molar refractivity (Wildman–Crippen MR) is 47.0 cm³/mol. The number of aromatic nitrogens is 4. The van der Waals surface area contributed by atoms with Gasteiger partial charge in [-0.05, 0) is 0 Å². The average molecular weight is 179 g/mol. The highest BCUT2D eigenvalue weighted by Gasteiger charge is 2.06. The third-order valence-electron chi connectivity index (χ3n) is 1.74. The zero-order chi connectivity index (χ0) is 9.26. The second-order valence-corrected chi connectivity index (χ2v) is 2.58.